The Morgan fingerprint density at radius 1 is 1.00 bits per heavy atom. The Balaban J connectivity index is 1.71. The molecule has 0 amide bonds. The largest absolute Gasteiger partial charge is 0.458 e. The smallest absolute Gasteiger partial charge is 0.324 e. The van der Waals surface area contributed by atoms with Crippen molar-refractivity contribution in [2.45, 2.75) is 179 Å². The highest BCUT2D eigenvalue weighted by atomic mass is 16.7. The quantitative estimate of drug-likeness (QED) is 0.176. The van der Waals surface area contributed by atoms with Crippen molar-refractivity contribution in [3.05, 3.63) is 12.7 Å². The number of rotatable bonds is 11. The minimum atomic E-state index is -1.38. The Labute approximate surface area is 363 Å². The number of cyclic esters (lactones) is 1. The fraction of sp³-hybridized carbons (Fsp3) is 0.848. The molecule has 19 atom stereocenters. The summed E-state index contributed by atoms with van der Waals surface area (Å²) in [5.41, 5.74) is -4.95. The summed E-state index contributed by atoms with van der Waals surface area (Å²) in [5, 5.41) is 22.9. The van der Waals surface area contributed by atoms with Gasteiger partial charge in [-0.15, -0.1) is 13.0 Å². The molecule has 5 aliphatic rings. The van der Waals surface area contributed by atoms with Crippen molar-refractivity contribution in [1.29, 1.82) is 0 Å². The summed E-state index contributed by atoms with van der Waals surface area (Å²) in [7, 11) is 5.28. The van der Waals surface area contributed by atoms with Gasteiger partial charge in [0.15, 0.2) is 18.2 Å². The predicted octanol–water partition coefficient (Wildman–Crippen LogP) is 3.50. The number of Topliss-reactive ketones (excluding diaryl/α,β-unsaturated/α-hetero) is 1. The van der Waals surface area contributed by atoms with Gasteiger partial charge in [-0.25, -0.2) is 0 Å². The molecule has 0 aliphatic carbocycles. The molecule has 1 unspecified atom stereocenters. The zero-order valence-electron chi connectivity index (χ0n) is 38.8. The van der Waals surface area contributed by atoms with Crippen molar-refractivity contribution in [3.63, 3.8) is 0 Å². The van der Waals surface area contributed by atoms with Crippen LogP contribution < -0.4 is 0 Å². The fourth-order valence-electron chi connectivity index (χ4n) is 11.6. The van der Waals surface area contributed by atoms with Crippen LogP contribution in [0.3, 0.4) is 0 Å². The lowest BCUT2D eigenvalue weighted by molar-refractivity contribution is -0.320. The van der Waals surface area contributed by atoms with Gasteiger partial charge in [0.25, 0.3) is 0 Å². The van der Waals surface area contributed by atoms with Gasteiger partial charge in [0.1, 0.15) is 36.7 Å². The number of carbonyl (C=O) groups excluding carboxylic acids is 3. The number of aliphatic hydroxyl groups excluding tert-OH is 2. The van der Waals surface area contributed by atoms with Crippen molar-refractivity contribution in [3.8, 4) is 12.3 Å². The third-order valence-corrected chi connectivity index (χ3v) is 14.7. The average molecular weight is 863 g/mol. The predicted molar refractivity (Wildman–Crippen MR) is 225 cm³/mol. The SMILES string of the molecule is C#CCO[C@@]1(C)C[C@@H](C)C(=O)[C@]2(C)CN(CC=C)[C@H]3C(=O)O[C@](C)([C@@H](CC)OC(=O)[C@H](C)C(O[C@@H]4C[C@@](C)(OC)[C@@H](O)[C@H](C)O4)[C@@H](C)[C@H]1O[C@@H]1O[C@H](C)C[C@H](N(C)C)[C@H]1O)[C@H]32. The van der Waals surface area contributed by atoms with Crippen molar-refractivity contribution in [2.75, 3.05) is 40.9 Å². The van der Waals surface area contributed by atoms with E-state index in [1.807, 2.05) is 65.4 Å². The molecule has 346 valence electrons. The lowest BCUT2D eigenvalue weighted by Crippen LogP contribution is -2.61. The van der Waals surface area contributed by atoms with Crippen LogP contribution in [0.2, 0.25) is 0 Å². The molecule has 0 spiro atoms. The first-order chi connectivity index (χ1) is 28.5. The Bertz CT molecular complexity index is 1640. The van der Waals surface area contributed by atoms with Crippen LogP contribution in [0.15, 0.2) is 12.7 Å². The monoisotopic (exact) mass is 863 g/mol. The molecule has 0 aromatic carbocycles. The highest BCUT2D eigenvalue weighted by Gasteiger charge is 2.71. The number of hydrogen-bond donors (Lipinski definition) is 2. The molecule has 0 aromatic heterocycles. The van der Waals surface area contributed by atoms with E-state index in [0.717, 1.165) is 0 Å². The molecule has 0 saturated carbocycles. The molecule has 5 heterocycles. The molecule has 15 nitrogen and oxygen atoms in total. The van der Waals surface area contributed by atoms with Crippen LogP contribution >= 0.6 is 0 Å². The number of methoxy groups -OCH3 is 1. The average Bonchev–Trinajstić information content (AvgIpc) is 3.67. The van der Waals surface area contributed by atoms with Crippen molar-refractivity contribution < 1.29 is 62.5 Å². The van der Waals surface area contributed by atoms with Gasteiger partial charge in [0, 0.05) is 55.8 Å². The first-order valence-corrected chi connectivity index (χ1v) is 22.1. The summed E-state index contributed by atoms with van der Waals surface area (Å²) in [5.74, 6) is -1.84. The first kappa shape index (κ1) is 49.5. The lowest BCUT2D eigenvalue weighted by Gasteiger charge is -2.50. The van der Waals surface area contributed by atoms with Gasteiger partial charge in [-0.2, -0.15) is 0 Å². The van der Waals surface area contributed by atoms with Crippen LogP contribution in [0.5, 0.6) is 0 Å². The summed E-state index contributed by atoms with van der Waals surface area (Å²) >= 11 is 0. The zero-order valence-corrected chi connectivity index (χ0v) is 38.8. The van der Waals surface area contributed by atoms with Gasteiger partial charge in [-0.3, -0.25) is 19.3 Å². The number of ether oxygens (including phenoxy) is 8. The maximum absolute atomic E-state index is 15.4. The van der Waals surface area contributed by atoms with E-state index in [9.17, 15) is 19.8 Å². The number of esters is 2. The van der Waals surface area contributed by atoms with Crippen molar-refractivity contribution >= 4 is 17.7 Å². The minimum Gasteiger partial charge on any atom is -0.458 e. The van der Waals surface area contributed by atoms with E-state index in [-0.39, 0.29) is 50.3 Å². The number of likely N-dealkylation sites (N-methyl/N-ethyl adjacent to an activating group) is 1. The second kappa shape index (κ2) is 18.9. The number of nitrogens with zero attached hydrogens (tertiary/aromatic N) is 2. The van der Waals surface area contributed by atoms with Crippen molar-refractivity contribution in [2.24, 2.45) is 29.1 Å². The number of terminal acetylenes is 1. The van der Waals surface area contributed by atoms with E-state index in [0.29, 0.717) is 13.0 Å². The molecular formula is C46H74N2O13. The van der Waals surface area contributed by atoms with Crippen LogP contribution in [-0.4, -0.2) is 163 Å². The molecule has 2 N–H and O–H groups in total. The van der Waals surface area contributed by atoms with Gasteiger partial charge in [0.2, 0.25) is 0 Å². The highest BCUT2D eigenvalue weighted by molar-refractivity contribution is 5.91. The molecule has 5 saturated heterocycles. The summed E-state index contributed by atoms with van der Waals surface area (Å²) in [6.07, 6.45) is 0.396. The molecule has 61 heavy (non-hydrogen) atoms. The van der Waals surface area contributed by atoms with Crippen LogP contribution in [0.1, 0.15) is 94.9 Å². The lowest BCUT2D eigenvalue weighted by atomic mass is 9.62. The van der Waals surface area contributed by atoms with Gasteiger partial charge < -0.3 is 53.0 Å². The fourth-order valence-corrected chi connectivity index (χ4v) is 11.6. The van der Waals surface area contributed by atoms with Crippen LogP contribution in [0.25, 0.3) is 0 Å². The van der Waals surface area contributed by atoms with E-state index in [4.69, 9.17) is 44.3 Å². The molecule has 0 bridgehead atoms. The molecule has 15 heteroatoms. The van der Waals surface area contributed by atoms with Crippen LogP contribution in [0.4, 0.5) is 0 Å². The van der Waals surface area contributed by atoms with Gasteiger partial charge in [-0.05, 0) is 74.9 Å². The van der Waals surface area contributed by atoms with E-state index in [2.05, 4.69) is 12.5 Å². The van der Waals surface area contributed by atoms with Crippen LogP contribution in [0, 0.1) is 41.4 Å². The summed E-state index contributed by atoms with van der Waals surface area (Å²) < 4.78 is 51.7. The third kappa shape index (κ3) is 9.24. The normalized spacial score (nSPS) is 47.6. The second-order valence-electron chi connectivity index (χ2n) is 19.6. The Morgan fingerprint density at radius 2 is 1.67 bits per heavy atom. The van der Waals surface area contributed by atoms with Crippen LogP contribution in [-0.2, 0) is 52.3 Å². The second-order valence-corrected chi connectivity index (χ2v) is 19.6. The Hall–Kier alpha value is -2.49. The molecule has 5 fully saturated rings. The third-order valence-electron chi connectivity index (χ3n) is 14.7. The number of likely N-dealkylation sites (tertiary alicyclic amines) is 1. The standard InChI is InChI=1S/C46H74N2O13/c1-16-19-48-24-43(9)36-33(48)41(53)61-46(36,12)31(18-3)58-40(52)28(7)35(59-32-23-44(10,54-15)38(51)29(8)57-32)27(6)39(45(11,55-20-17-2)22-25(4)37(43)50)60-42-34(49)30(47(13)14)21-26(5)56-42/h2,16,25-36,38-39,42,49,51H,1,18-24H2,3-15H3/t25-,26-,27-,28-,29+,30+,31-,32-,33-,34-,35?,36-,38+,39-,42+,43-,44-,45+,46-/m1/s1. The van der Waals surface area contributed by atoms with E-state index in [1.54, 1.807) is 33.8 Å². The highest BCUT2D eigenvalue weighted by Crippen LogP contribution is 2.56. The van der Waals surface area contributed by atoms with Gasteiger partial charge in [-0.1, -0.05) is 39.7 Å². The van der Waals surface area contributed by atoms with E-state index < -0.39 is 113 Å². The molecule has 0 aromatic rings. The summed E-state index contributed by atoms with van der Waals surface area (Å²) in [4.78, 5) is 48.0. The zero-order chi connectivity index (χ0) is 45.6. The molecule has 5 rings (SSSR count). The molecule has 5 aliphatic heterocycles. The topological polar surface area (TPSA) is 172 Å². The number of aliphatic hydroxyl groups is 2. The summed E-state index contributed by atoms with van der Waals surface area (Å²) in [6, 6.07) is -1.10. The number of carbonyl (C=O) groups is 3. The molecular weight excluding hydrogens is 789 g/mol. The Morgan fingerprint density at radius 3 is 2.26 bits per heavy atom. The van der Waals surface area contributed by atoms with Gasteiger partial charge in [0.05, 0.1) is 41.5 Å². The van der Waals surface area contributed by atoms with Crippen molar-refractivity contribution in [1.82, 2.24) is 9.80 Å². The molecule has 0 radical (unpaired) electrons. The first-order valence-electron chi connectivity index (χ1n) is 22.1. The minimum absolute atomic E-state index is 0.0889. The van der Waals surface area contributed by atoms with E-state index in [1.165, 1.54) is 7.11 Å². The van der Waals surface area contributed by atoms with E-state index >= 15 is 4.79 Å². The number of ketones is 1. The summed E-state index contributed by atoms with van der Waals surface area (Å²) in [6.45, 7) is 22.5. The maximum atomic E-state index is 15.4. The van der Waals surface area contributed by atoms with Gasteiger partial charge >= 0.3 is 11.9 Å². The Kier molecular flexibility index (Phi) is 15.4. The maximum Gasteiger partial charge on any atom is 0.324 e. The number of hydrogen-bond acceptors (Lipinski definition) is 15.